The minimum Gasteiger partial charge on any atom is -0.343 e. The van der Waals surface area contributed by atoms with Crippen LogP contribution in [0.3, 0.4) is 0 Å². The van der Waals surface area contributed by atoms with Crippen molar-refractivity contribution in [2.45, 2.75) is 25.7 Å². The Morgan fingerprint density at radius 2 is 1.73 bits per heavy atom. The summed E-state index contributed by atoms with van der Waals surface area (Å²) in [5.41, 5.74) is 1.33. The molecule has 0 aromatic heterocycles. The number of anilines is 2. The van der Waals surface area contributed by atoms with Crippen LogP contribution in [0.4, 0.5) is 11.4 Å². The van der Waals surface area contributed by atoms with Crippen LogP contribution in [-0.2, 0) is 14.4 Å². The Morgan fingerprint density at radius 3 is 2.50 bits per heavy atom. The molecule has 0 aliphatic carbocycles. The van der Waals surface area contributed by atoms with Crippen LogP contribution in [0.5, 0.6) is 0 Å². The van der Waals surface area contributed by atoms with Gasteiger partial charge in [0.05, 0.1) is 11.4 Å². The number of hydrogen-bond donors (Lipinski definition) is 1. The van der Waals surface area contributed by atoms with Gasteiger partial charge in [0.1, 0.15) is 6.54 Å². The highest BCUT2D eigenvalue weighted by Gasteiger charge is 2.27. The quantitative estimate of drug-likeness (QED) is 0.917. The van der Waals surface area contributed by atoms with Crippen molar-refractivity contribution in [1.29, 1.82) is 0 Å². The number of nitrogens with zero attached hydrogens (tertiary/aromatic N) is 2. The molecule has 22 heavy (non-hydrogen) atoms. The lowest BCUT2D eigenvalue weighted by atomic mass is 10.1. The third kappa shape index (κ3) is 2.95. The van der Waals surface area contributed by atoms with Gasteiger partial charge in [0.15, 0.2) is 0 Å². The lowest BCUT2D eigenvalue weighted by molar-refractivity contribution is -0.132. The van der Waals surface area contributed by atoms with E-state index in [1.54, 1.807) is 12.1 Å². The standard InChI is InChI=1S/C16H19N3O3/c20-14-11-19(13-6-2-1-5-12(13)17-14)16(22)8-7-15(21)18-9-3-4-10-18/h1-2,5-6H,3-4,7-11H2,(H,17,20). The largest absolute Gasteiger partial charge is 0.343 e. The first-order chi connectivity index (χ1) is 10.6. The molecule has 0 saturated carbocycles. The minimum absolute atomic E-state index is 0.00769. The topological polar surface area (TPSA) is 69.7 Å². The maximum Gasteiger partial charge on any atom is 0.244 e. The van der Waals surface area contributed by atoms with E-state index in [9.17, 15) is 14.4 Å². The molecule has 2 heterocycles. The second kappa shape index (κ2) is 6.17. The number of amides is 3. The summed E-state index contributed by atoms with van der Waals surface area (Å²) < 4.78 is 0. The average molecular weight is 301 g/mol. The zero-order valence-corrected chi connectivity index (χ0v) is 12.4. The van der Waals surface area contributed by atoms with Gasteiger partial charge in [-0.05, 0) is 25.0 Å². The van der Waals surface area contributed by atoms with Crippen molar-refractivity contribution < 1.29 is 14.4 Å². The number of para-hydroxylation sites is 2. The SMILES string of the molecule is O=C1CN(C(=O)CCC(=O)N2CCCC2)c2ccccc2N1. The molecule has 0 spiro atoms. The van der Waals surface area contributed by atoms with Crippen molar-refractivity contribution >= 4 is 29.1 Å². The van der Waals surface area contributed by atoms with Gasteiger partial charge in [-0.25, -0.2) is 0 Å². The van der Waals surface area contributed by atoms with Gasteiger partial charge in [0, 0.05) is 25.9 Å². The van der Waals surface area contributed by atoms with Gasteiger partial charge in [-0.3, -0.25) is 14.4 Å². The number of benzene rings is 1. The number of likely N-dealkylation sites (tertiary alicyclic amines) is 1. The first-order valence-electron chi connectivity index (χ1n) is 7.62. The molecule has 2 aliphatic heterocycles. The van der Waals surface area contributed by atoms with Crippen molar-refractivity contribution in [2.75, 3.05) is 29.9 Å². The molecule has 0 unspecified atom stereocenters. The van der Waals surface area contributed by atoms with E-state index >= 15 is 0 Å². The second-order valence-corrected chi connectivity index (χ2v) is 5.63. The molecule has 116 valence electrons. The van der Waals surface area contributed by atoms with E-state index in [-0.39, 0.29) is 37.1 Å². The van der Waals surface area contributed by atoms with E-state index in [4.69, 9.17) is 0 Å². The fourth-order valence-electron chi connectivity index (χ4n) is 2.93. The van der Waals surface area contributed by atoms with Crippen LogP contribution < -0.4 is 10.2 Å². The summed E-state index contributed by atoms with van der Waals surface area (Å²) in [7, 11) is 0. The van der Waals surface area contributed by atoms with Crippen molar-refractivity contribution in [3.05, 3.63) is 24.3 Å². The molecule has 1 N–H and O–H groups in total. The highest BCUT2D eigenvalue weighted by molar-refractivity contribution is 6.10. The van der Waals surface area contributed by atoms with E-state index in [1.807, 2.05) is 17.0 Å². The molecule has 1 saturated heterocycles. The Hall–Kier alpha value is -2.37. The monoisotopic (exact) mass is 301 g/mol. The van der Waals surface area contributed by atoms with Crippen LogP contribution in [0.15, 0.2) is 24.3 Å². The number of fused-ring (bicyclic) bond motifs is 1. The predicted molar refractivity (Wildman–Crippen MR) is 82.5 cm³/mol. The number of rotatable bonds is 3. The predicted octanol–water partition coefficient (Wildman–Crippen LogP) is 1.37. The van der Waals surface area contributed by atoms with Crippen LogP contribution in [-0.4, -0.2) is 42.3 Å². The number of hydrogen-bond acceptors (Lipinski definition) is 3. The van der Waals surface area contributed by atoms with Gasteiger partial charge >= 0.3 is 0 Å². The molecule has 0 bridgehead atoms. The molecule has 3 amide bonds. The smallest absolute Gasteiger partial charge is 0.244 e. The molecule has 6 heteroatoms. The third-order valence-electron chi connectivity index (χ3n) is 4.08. The lowest BCUT2D eigenvalue weighted by Crippen LogP contribution is -2.42. The molecule has 2 aliphatic rings. The highest BCUT2D eigenvalue weighted by Crippen LogP contribution is 2.29. The van der Waals surface area contributed by atoms with Gasteiger partial charge in [0.2, 0.25) is 17.7 Å². The summed E-state index contributed by atoms with van der Waals surface area (Å²) in [6.45, 7) is 1.59. The van der Waals surface area contributed by atoms with Crippen molar-refractivity contribution in [3.8, 4) is 0 Å². The molecule has 3 rings (SSSR count). The van der Waals surface area contributed by atoms with Crippen molar-refractivity contribution in [2.24, 2.45) is 0 Å². The van der Waals surface area contributed by atoms with Crippen LogP contribution in [0.25, 0.3) is 0 Å². The van der Waals surface area contributed by atoms with E-state index in [1.165, 1.54) is 4.90 Å². The Bertz CT molecular complexity index is 608. The summed E-state index contributed by atoms with van der Waals surface area (Å²) >= 11 is 0. The van der Waals surface area contributed by atoms with Crippen LogP contribution >= 0.6 is 0 Å². The summed E-state index contributed by atoms with van der Waals surface area (Å²) in [6.07, 6.45) is 2.43. The zero-order valence-electron chi connectivity index (χ0n) is 12.4. The fraction of sp³-hybridized carbons (Fsp3) is 0.438. The van der Waals surface area contributed by atoms with Gasteiger partial charge in [-0.1, -0.05) is 12.1 Å². The van der Waals surface area contributed by atoms with Gasteiger partial charge < -0.3 is 15.1 Å². The number of carbonyl (C=O) groups excluding carboxylic acids is 3. The number of nitrogens with one attached hydrogen (secondary N) is 1. The van der Waals surface area contributed by atoms with E-state index in [0.717, 1.165) is 25.9 Å². The third-order valence-corrected chi connectivity index (χ3v) is 4.08. The Morgan fingerprint density at radius 1 is 1.05 bits per heavy atom. The molecule has 6 nitrogen and oxygen atoms in total. The van der Waals surface area contributed by atoms with Gasteiger partial charge in [0.25, 0.3) is 0 Å². The van der Waals surface area contributed by atoms with Crippen molar-refractivity contribution in [1.82, 2.24) is 4.90 Å². The van der Waals surface area contributed by atoms with Crippen LogP contribution in [0, 0.1) is 0 Å². The molecule has 1 fully saturated rings. The first kappa shape index (κ1) is 14.6. The maximum atomic E-state index is 12.4. The van der Waals surface area contributed by atoms with Crippen LogP contribution in [0.1, 0.15) is 25.7 Å². The van der Waals surface area contributed by atoms with Crippen molar-refractivity contribution in [3.63, 3.8) is 0 Å². The highest BCUT2D eigenvalue weighted by atomic mass is 16.2. The van der Waals surface area contributed by atoms with E-state index in [0.29, 0.717) is 11.4 Å². The Balaban J connectivity index is 1.65. The molecule has 0 radical (unpaired) electrons. The summed E-state index contributed by atoms with van der Waals surface area (Å²) in [4.78, 5) is 39.4. The summed E-state index contributed by atoms with van der Waals surface area (Å²) in [6, 6.07) is 7.20. The summed E-state index contributed by atoms with van der Waals surface area (Å²) in [5, 5.41) is 2.75. The van der Waals surface area contributed by atoms with Crippen LogP contribution in [0.2, 0.25) is 0 Å². The van der Waals surface area contributed by atoms with E-state index < -0.39 is 0 Å². The van der Waals surface area contributed by atoms with E-state index in [2.05, 4.69) is 5.32 Å². The molecule has 1 aromatic carbocycles. The van der Waals surface area contributed by atoms with Gasteiger partial charge in [-0.2, -0.15) is 0 Å². The molecule has 0 atom stereocenters. The summed E-state index contributed by atoms with van der Waals surface area (Å²) in [5.74, 6) is -0.367. The lowest BCUT2D eigenvalue weighted by Gasteiger charge is -2.29. The second-order valence-electron chi connectivity index (χ2n) is 5.63. The van der Waals surface area contributed by atoms with Gasteiger partial charge in [-0.15, -0.1) is 0 Å². The number of carbonyl (C=O) groups is 3. The normalized spacial score (nSPS) is 17.2. The Kier molecular flexibility index (Phi) is 4.09. The molecule has 1 aromatic rings. The Labute approximate surface area is 129 Å². The molecular weight excluding hydrogens is 282 g/mol. The zero-order chi connectivity index (χ0) is 15.5. The fourth-order valence-corrected chi connectivity index (χ4v) is 2.93. The first-order valence-corrected chi connectivity index (χ1v) is 7.62. The minimum atomic E-state index is -0.210. The molecular formula is C16H19N3O3. The maximum absolute atomic E-state index is 12.4. The average Bonchev–Trinajstić information content (AvgIpc) is 3.06.